The van der Waals surface area contributed by atoms with Crippen molar-refractivity contribution in [3.63, 3.8) is 0 Å². The number of hydrogen-bond donors (Lipinski definition) is 2. The minimum Gasteiger partial charge on any atom is -0.497 e. The van der Waals surface area contributed by atoms with Crippen molar-refractivity contribution in [2.45, 2.75) is 31.2 Å². The van der Waals surface area contributed by atoms with E-state index in [9.17, 15) is 9.59 Å². The third-order valence-electron chi connectivity index (χ3n) is 6.46. The van der Waals surface area contributed by atoms with Crippen LogP contribution >= 0.6 is 11.6 Å². The summed E-state index contributed by atoms with van der Waals surface area (Å²) in [5.74, 6) is 1.04. The van der Waals surface area contributed by atoms with E-state index in [-0.39, 0.29) is 29.8 Å². The molecule has 7 nitrogen and oxygen atoms in total. The number of hydrogen-bond acceptors (Lipinski definition) is 4. The molecular weight excluding hydrogens is 442 g/mol. The lowest BCUT2D eigenvalue weighted by Gasteiger charge is -2.41. The number of likely N-dealkylation sites (tertiary alicyclic amines) is 1. The molecule has 2 aromatic rings. The van der Waals surface area contributed by atoms with Gasteiger partial charge in [-0.05, 0) is 61.2 Å². The van der Waals surface area contributed by atoms with Gasteiger partial charge < -0.3 is 25.0 Å². The Morgan fingerprint density at radius 1 is 1.03 bits per heavy atom. The van der Waals surface area contributed by atoms with Crippen LogP contribution in [0, 0.1) is 5.92 Å². The molecule has 2 aliphatic rings. The van der Waals surface area contributed by atoms with E-state index in [1.807, 2.05) is 29.2 Å². The molecule has 0 bridgehead atoms. The maximum absolute atomic E-state index is 13.1. The Morgan fingerprint density at radius 3 is 2.39 bits per heavy atom. The predicted octanol–water partition coefficient (Wildman–Crippen LogP) is 4.28. The maximum atomic E-state index is 13.1. The quantitative estimate of drug-likeness (QED) is 0.682. The summed E-state index contributed by atoms with van der Waals surface area (Å²) in [5.41, 5.74) is 1.77. The van der Waals surface area contributed by atoms with Crippen LogP contribution in [0.5, 0.6) is 5.75 Å². The lowest BCUT2D eigenvalue weighted by atomic mass is 9.84. The molecule has 2 saturated heterocycles. The number of rotatable bonds is 5. The second-order valence-electron chi connectivity index (χ2n) is 8.55. The van der Waals surface area contributed by atoms with Crippen LogP contribution < -0.4 is 15.4 Å². The van der Waals surface area contributed by atoms with E-state index in [1.54, 1.807) is 31.4 Å². The summed E-state index contributed by atoms with van der Waals surface area (Å²) in [6.45, 7) is 2.40. The number of amides is 3. The van der Waals surface area contributed by atoms with E-state index in [0.29, 0.717) is 37.0 Å². The van der Waals surface area contributed by atoms with Gasteiger partial charge >= 0.3 is 6.03 Å². The molecule has 2 aliphatic heterocycles. The second kappa shape index (κ2) is 10.9. The van der Waals surface area contributed by atoms with Crippen LogP contribution in [0.25, 0.3) is 0 Å². The van der Waals surface area contributed by atoms with Gasteiger partial charge in [-0.25, -0.2) is 4.79 Å². The fraction of sp³-hybridized carbons (Fsp3) is 0.440. The van der Waals surface area contributed by atoms with Gasteiger partial charge in [0.1, 0.15) is 5.75 Å². The van der Waals surface area contributed by atoms with Crippen LogP contribution in [0.4, 0.5) is 10.5 Å². The van der Waals surface area contributed by atoms with E-state index >= 15 is 0 Å². The third kappa shape index (κ3) is 5.97. The molecule has 33 heavy (non-hydrogen) atoms. The summed E-state index contributed by atoms with van der Waals surface area (Å²) in [5, 5.41) is 6.59. The molecule has 0 aliphatic carbocycles. The number of nitrogens with one attached hydrogen (secondary N) is 2. The second-order valence-corrected chi connectivity index (χ2v) is 8.99. The topological polar surface area (TPSA) is 79.9 Å². The zero-order chi connectivity index (χ0) is 23.2. The summed E-state index contributed by atoms with van der Waals surface area (Å²) < 4.78 is 10.7. The Bertz CT molecular complexity index is 945. The van der Waals surface area contributed by atoms with Crippen LogP contribution in [0.3, 0.4) is 0 Å². The molecule has 176 valence electrons. The van der Waals surface area contributed by atoms with E-state index in [4.69, 9.17) is 21.1 Å². The zero-order valence-electron chi connectivity index (χ0n) is 18.8. The van der Waals surface area contributed by atoms with Crippen molar-refractivity contribution in [3.8, 4) is 5.75 Å². The van der Waals surface area contributed by atoms with Gasteiger partial charge in [0.05, 0.1) is 13.2 Å². The lowest BCUT2D eigenvalue weighted by molar-refractivity contribution is -0.140. The first-order valence-electron chi connectivity index (χ1n) is 11.4. The minimum atomic E-state index is -0.304. The first-order chi connectivity index (χ1) is 16.0. The molecule has 0 radical (unpaired) electrons. The highest BCUT2D eigenvalue weighted by Crippen LogP contribution is 2.31. The van der Waals surface area contributed by atoms with Crippen LogP contribution in [0.15, 0.2) is 48.5 Å². The molecular formula is C25H30ClN3O4. The zero-order valence-corrected chi connectivity index (χ0v) is 19.5. The highest BCUT2D eigenvalue weighted by atomic mass is 35.5. The SMILES string of the molecule is COc1ccc([C@@H]2CCN(C(=O)C3CCOCC3)C[C@H]2NC(=O)Nc2ccc(Cl)cc2)cc1. The number of ether oxygens (including phenoxy) is 2. The molecule has 2 aromatic carbocycles. The molecule has 0 aromatic heterocycles. The fourth-order valence-corrected chi connectivity index (χ4v) is 4.75. The average Bonchev–Trinajstić information content (AvgIpc) is 2.85. The van der Waals surface area contributed by atoms with E-state index in [1.165, 1.54) is 0 Å². The van der Waals surface area contributed by atoms with E-state index in [0.717, 1.165) is 30.6 Å². The van der Waals surface area contributed by atoms with Gasteiger partial charge in [0.25, 0.3) is 0 Å². The van der Waals surface area contributed by atoms with Crippen LogP contribution in [0.1, 0.15) is 30.7 Å². The van der Waals surface area contributed by atoms with Gasteiger partial charge in [0, 0.05) is 48.8 Å². The molecule has 4 rings (SSSR count). The van der Waals surface area contributed by atoms with Crippen molar-refractivity contribution in [2.24, 2.45) is 5.92 Å². The summed E-state index contributed by atoms with van der Waals surface area (Å²) in [6.07, 6.45) is 2.28. The molecule has 0 saturated carbocycles. The van der Waals surface area contributed by atoms with E-state index < -0.39 is 0 Å². The molecule has 3 amide bonds. The average molecular weight is 472 g/mol. The molecule has 2 heterocycles. The number of benzene rings is 2. The molecule has 2 N–H and O–H groups in total. The molecule has 8 heteroatoms. The number of carbonyl (C=O) groups excluding carboxylic acids is 2. The standard InChI is InChI=1S/C25H30ClN3O4/c1-32-21-8-2-17(3-9-21)22-10-13-29(24(30)18-11-14-33-15-12-18)16-23(22)28-25(31)27-20-6-4-19(26)5-7-20/h2-9,18,22-23H,10-16H2,1H3,(H2,27,28,31)/t22-,23+/m0/s1. The Morgan fingerprint density at radius 2 is 1.73 bits per heavy atom. The molecule has 2 fully saturated rings. The summed E-state index contributed by atoms with van der Waals surface area (Å²) in [7, 11) is 1.64. The monoisotopic (exact) mass is 471 g/mol. The van der Waals surface area contributed by atoms with Crippen molar-refractivity contribution in [1.29, 1.82) is 0 Å². The van der Waals surface area contributed by atoms with Crippen LogP contribution in [-0.2, 0) is 9.53 Å². The van der Waals surface area contributed by atoms with Crippen LogP contribution in [0.2, 0.25) is 5.02 Å². The summed E-state index contributed by atoms with van der Waals surface area (Å²) >= 11 is 5.94. The van der Waals surface area contributed by atoms with Gasteiger partial charge in [-0.15, -0.1) is 0 Å². The van der Waals surface area contributed by atoms with Gasteiger partial charge in [0.15, 0.2) is 0 Å². The van der Waals surface area contributed by atoms with Crippen molar-refractivity contribution in [3.05, 3.63) is 59.1 Å². The number of anilines is 1. The van der Waals surface area contributed by atoms with Gasteiger partial charge in [0.2, 0.25) is 5.91 Å². The number of halogens is 1. The third-order valence-corrected chi connectivity index (χ3v) is 6.71. The molecule has 2 atom stereocenters. The first-order valence-corrected chi connectivity index (χ1v) is 11.7. The number of nitrogens with zero attached hydrogens (tertiary/aromatic N) is 1. The van der Waals surface area contributed by atoms with Crippen molar-refractivity contribution in [2.75, 3.05) is 38.7 Å². The number of piperidine rings is 1. The number of carbonyl (C=O) groups is 2. The van der Waals surface area contributed by atoms with Gasteiger partial charge in [-0.3, -0.25) is 4.79 Å². The Labute approximate surface area is 199 Å². The summed E-state index contributed by atoms with van der Waals surface area (Å²) in [6, 6.07) is 14.4. The van der Waals surface area contributed by atoms with Crippen molar-refractivity contribution >= 4 is 29.2 Å². The summed E-state index contributed by atoms with van der Waals surface area (Å²) in [4.78, 5) is 27.9. The van der Waals surface area contributed by atoms with E-state index in [2.05, 4.69) is 10.6 Å². The minimum absolute atomic E-state index is 0.000157. The highest BCUT2D eigenvalue weighted by Gasteiger charge is 2.36. The van der Waals surface area contributed by atoms with Crippen LogP contribution in [-0.4, -0.2) is 56.3 Å². The normalized spacial score (nSPS) is 21.3. The lowest BCUT2D eigenvalue weighted by Crippen LogP contribution is -2.55. The number of urea groups is 1. The van der Waals surface area contributed by atoms with Gasteiger partial charge in [-0.1, -0.05) is 23.7 Å². The number of methoxy groups -OCH3 is 1. The smallest absolute Gasteiger partial charge is 0.319 e. The first kappa shape index (κ1) is 23.4. The van der Waals surface area contributed by atoms with Crippen molar-refractivity contribution < 1.29 is 19.1 Å². The van der Waals surface area contributed by atoms with Crippen molar-refractivity contribution in [1.82, 2.24) is 10.2 Å². The van der Waals surface area contributed by atoms with Gasteiger partial charge in [-0.2, -0.15) is 0 Å². The Kier molecular flexibility index (Phi) is 7.73. The maximum Gasteiger partial charge on any atom is 0.319 e. The highest BCUT2D eigenvalue weighted by molar-refractivity contribution is 6.30. The predicted molar refractivity (Wildman–Crippen MR) is 128 cm³/mol. The molecule has 0 spiro atoms. The Balaban J connectivity index is 1.48. The largest absolute Gasteiger partial charge is 0.497 e. The Hall–Kier alpha value is -2.77. The fourth-order valence-electron chi connectivity index (χ4n) is 4.62. The molecule has 0 unspecified atom stereocenters.